The molecule has 1 saturated heterocycles. The molecule has 1 aliphatic heterocycles. The molecular weight excluding hydrogens is 304 g/mol. The van der Waals surface area contributed by atoms with Crippen LogP contribution in [-0.4, -0.2) is 62.5 Å². The van der Waals surface area contributed by atoms with Crippen LogP contribution in [0.3, 0.4) is 0 Å². The minimum absolute atomic E-state index is 0.0455. The third kappa shape index (κ3) is 5.44. The third-order valence-corrected chi connectivity index (χ3v) is 4.12. The first-order valence-corrected chi connectivity index (χ1v) is 8.46. The third-order valence-electron chi connectivity index (χ3n) is 4.12. The minimum atomic E-state index is 0.0455. The smallest absolute Gasteiger partial charge is 0.241 e. The van der Waals surface area contributed by atoms with E-state index in [0.717, 1.165) is 30.4 Å². The Hall–Kier alpha value is -2.24. The molecule has 0 saturated carbocycles. The monoisotopic (exact) mass is 332 g/mol. The lowest BCUT2D eigenvalue weighted by Crippen LogP contribution is -2.47. The van der Waals surface area contributed by atoms with Crippen LogP contribution < -0.4 is 10.1 Å². The second-order valence-corrected chi connectivity index (χ2v) is 6.18. The number of nitrogens with one attached hydrogen (secondary N) is 1. The van der Waals surface area contributed by atoms with E-state index < -0.39 is 0 Å². The number of likely N-dealkylation sites (tertiary alicyclic amines) is 1. The highest BCUT2D eigenvalue weighted by Gasteiger charge is 2.16. The van der Waals surface area contributed by atoms with Crippen molar-refractivity contribution in [1.82, 2.24) is 15.1 Å². The molecule has 0 radical (unpaired) electrons. The van der Waals surface area contributed by atoms with Gasteiger partial charge in [-0.15, -0.1) is 0 Å². The topological polar surface area (TPSA) is 57.2 Å². The molecule has 1 N–H and O–H groups in total. The number of hydrogen-bond acceptors (Lipinski definition) is 3. The highest BCUT2D eigenvalue weighted by molar-refractivity contribution is 5.86. The molecule has 1 aromatic carbocycles. The summed E-state index contributed by atoms with van der Waals surface area (Å²) >= 11 is 0. The zero-order valence-electron chi connectivity index (χ0n) is 14.9. The van der Waals surface area contributed by atoms with E-state index in [1.165, 1.54) is 19.3 Å². The van der Waals surface area contributed by atoms with Crippen molar-refractivity contribution < 1.29 is 9.53 Å². The number of ether oxygens (including phenoxy) is 1. The normalized spacial score (nSPS) is 15.1. The van der Waals surface area contributed by atoms with Crippen molar-refractivity contribution in [2.24, 2.45) is 4.99 Å². The number of nitrogens with zero attached hydrogens (tertiary/aromatic N) is 3. The molecule has 1 aliphatic rings. The Bertz CT molecular complexity index is 549. The second kappa shape index (κ2) is 9.15. The molecule has 24 heavy (non-hydrogen) atoms. The highest BCUT2D eigenvalue weighted by Crippen LogP contribution is 2.13. The van der Waals surface area contributed by atoms with E-state index in [4.69, 9.17) is 9.73 Å². The van der Waals surface area contributed by atoms with Crippen molar-refractivity contribution in [3.63, 3.8) is 0 Å². The van der Waals surface area contributed by atoms with E-state index >= 15 is 0 Å². The van der Waals surface area contributed by atoms with Gasteiger partial charge in [0.15, 0.2) is 5.96 Å². The molecule has 0 aromatic heterocycles. The predicted octanol–water partition coefficient (Wildman–Crippen LogP) is 1.71. The predicted molar refractivity (Wildman–Crippen MR) is 96.3 cm³/mol. The molecule has 0 aliphatic carbocycles. The highest BCUT2D eigenvalue weighted by atomic mass is 16.5. The van der Waals surface area contributed by atoms with Gasteiger partial charge in [-0.1, -0.05) is 12.1 Å². The summed E-state index contributed by atoms with van der Waals surface area (Å²) in [4.78, 5) is 20.4. The fourth-order valence-electron chi connectivity index (χ4n) is 2.58. The Balaban J connectivity index is 2.03. The van der Waals surface area contributed by atoms with Crippen LogP contribution in [0.4, 0.5) is 0 Å². The molecule has 0 atom stereocenters. The van der Waals surface area contributed by atoms with Gasteiger partial charge in [-0.2, -0.15) is 0 Å². The van der Waals surface area contributed by atoms with Gasteiger partial charge in [0.05, 0.1) is 20.2 Å². The summed E-state index contributed by atoms with van der Waals surface area (Å²) in [5, 5.41) is 3.22. The summed E-state index contributed by atoms with van der Waals surface area (Å²) in [6.45, 7) is 2.83. The largest absolute Gasteiger partial charge is 0.497 e. The lowest BCUT2D eigenvalue weighted by atomic mass is 10.1. The number of aliphatic imine (C=N–C) groups is 1. The Labute approximate surface area is 144 Å². The number of benzene rings is 1. The lowest BCUT2D eigenvalue weighted by molar-refractivity contribution is -0.127. The van der Waals surface area contributed by atoms with Gasteiger partial charge in [-0.25, -0.2) is 4.99 Å². The number of piperidine rings is 1. The SMILES string of the molecule is COc1ccc(CN=C(NCC(=O)N(C)C)N2CCCCC2)cc1. The van der Waals surface area contributed by atoms with Crippen LogP contribution in [0.1, 0.15) is 24.8 Å². The van der Waals surface area contributed by atoms with E-state index in [1.807, 2.05) is 24.3 Å². The van der Waals surface area contributed by atoms with Crippen molar-refractivity contribution in [2.75, 3.05) is 40.8 Å². The van der Waals surface area contributed by atoms with Crippen LogP contribution in [-0.2, 0) is 11.3 Å². The van der Waals surface area contributed by atoms with Crippen LogP contribution in [0.2, 0.25) is 0 Å². The first-order valence-electron chi connectivity index (χ1n) is 8.46. The number of likely N-dealkylation sites (N-methyl/N-ethyl adjacent to an activating group) is 1. The van der Waals surface area contributed by atoms with Gasteiger partial charge >= 0.3 is 0 Å². The fourth-order valence-corrected chi connectivity index (χ4v) is 2.58. The van der Waals surface area contributed by atoms with Gasteiger partial charge in [-0.3, -0.25) is 4.79 Å². The van der Waals surface area contributed by atoms with E-state index in [2.05, 4.69) is 10.2 Å². The van der Waals surface area contributed by atoms with Crippen molar-refractivity contribution in [3.05, 3.63) is 29.8 Å². The number of amides is 1. The average Bonchev–Trinajstić information content (AvgIpc) is 2.62. The second-order valence-electron chi connectivity index (χ2n) is 6.18. The van der Waals surface area contributed by atoms with Crippen LogP contribution in [0.15, 0.2) is 29.3 Å². The molecular formula is C18H28N4O2. The molecule has 2 rings (SSSR count). The standard InChI is InChI=1S/C18H28N4O2/c1-21(2)17(23)14-20-18(22-11-5-4-6-12-22)19-13-15-7-9-16(24-3)10-8-15/h7-10H,4-6,11-14H2,1-3H3,(H,19,20). The zero-order valence-corrected chi connectivity index (χ0v) is 14.9. The maximum Gasteiger partial charge on any atom is 0.241 e. The van der Waals surface area contributed by atoms with Crippen molar-refractivity contribution >= 4 is 11.9 Å². The summed E-state index contributed by atoms with van der Waals surface area (Å²) in [5.74, 6) is 1.71. The number of methoxy groups -OCH3 is 1. The maximum absolute atomic E-state index is 11.9. The summed E-state index contributed by atoms with van der Waals surface area (Å²) in [7, 11) is 5.19. The molecule has 1 amide bonds. The van der Waals surface area contributed by atoms with Gasteiger partial charge in [0.2, 0.25) is 5.91 Å². The molecule has 132 valence electrons. The van der Waals surface area contributed by atoms with E-state index in [9.17, 15) is 4.79 Å². The molecule has 1 aromatic rings. The summed E-state index contributed by atoms with van der Waals surface area (Å²) < 4.78 is 5.18. The first kappa shape index (κ1) is 18.1. The summed E-state index contributed by atoms with van der Waals surface area (Å²) in [6, 6.07) is 7.91. The number of carbonyl (C=O) groups excluding carboxylic acids is 1. The lowest BCUT2D eigenvalue weighted by Gasteiger charge is -2.30. The molecule has 0 unspecified atom stereocenters. The van der Waals surface area contributed by atoms with Crippen LogP contribution in [0, 0.1) is 0 Å². The molecule has 1 fully saturated rings. The van der Waals surface area contributed by atoms with E-state index in [1.54, 1.807) is 26.1 Å². The molecule has 0 bridgehead atoms. The number of hydrogen-bond donors (Lipinski definition) is 1. The van der Waals surface area contributed by atoms with Crippen LogP contribution in [0.5, 0.6) is 5.75 Å². The zero-order chi connectivity index (χ0) is 17.4. The average molecular weight is 332 g/mol. The molecule has 0 spiro atoms. The van der Waals surface area contributed by atoms with Gasteiger partial charge < -0.3 is 19.9 Å². The summed E-state index contributed by atoms with van der Waals surface area (Å²) in [5.41, 5.74) is 1.12. The Kier molecular flexibility index (Phi) is 6.90. The van der Waals surface area contributed by atoms with Gasteiger partial charge in [-0.05, 0) is 37.0 Å². The first-order chi connectivity index (χ1) is 11.6. The molecule has 6 nitrogen and oxygen atoms in total. The number of guanidine groups is 1. The minimum Gasteiger partial charge on any atom is -0.497 e. The Morgan fingerprint density at radius 2 is 1.88 bits per heavy atom. The van der Waals surface area contributed by atoms with Gasteiger partial charge in [0.25, 0.3) is 0 Å². The summed E-state index contributed by atoms with van der Waals surface area (Å²) in [6.07, 6.45) is 3.61. The Morgan fingerprint density at radius 1 is 1.21 bits per heavy atom. The van der Waals surface area contributed by atoms with Gasteiger partial charge in [0.1, 0.15) is 5.75 Å². The Morgan fingerprint density at radius 3 is 2.46 bits per heavy atom. The fraction of sp³-hybridized carbons (Fsp3) is 0.556. The van der Waals surface area contributed by atoms with Crippen LogP contribution >= 0.6 is 0 Å². The number of carbonyl (C=O) groups is 1. The molecule has 1 heterocycles. The van der Waals surface area contributed by atoms with Crippen LogP contribution in [0.25, 0.3) is 0 Å². The van der Waals surface area contributed by atoms with Crippen molar-refractivity contribution in [1.29, 1.82) is 0 Å². The number of rotatable bonds is 5. The van der Waals surface area contributed by atoms with Crippen molar-refractivity contribution in [2.45, 2.75) is 25.8 Å². The van der Waals surface area contributed by atoms with Gasteiger partial charge in [0, 0.05) is 27.2 Å². The van der Waals surface area contributed by atoms with E-state index in [-0.39, 0.29) is 12.5 Å². The molecule has 6 heteroatoms. The maximum atomic E-state index is 11.9. The van der Waals surface area contributed by atoms with E-state index in [0.29, 0.717) is 6.54 Å². The van der Waals surface area contributed by atoms with Crippen molar-refractivity contribution in [3.8, 4) is 5.75 Å². The quantitative estimate of drug-likeness (QED) is 0.659.